The minimum Gasteiger partial charge on any atom is -0.353 e. The Kier molecular flexibility index (Phi) is 6.81. The lowest BCUT2D eigenvalue weighted by Crippen LogP contribution is -2.52. The highest BCUT2D eigenvalue weighted by Gasteiger charge is 2.33. The highest BCUT2D eigenvalue weighted by molar-refractivity contribution is 6.30. The summed E-state index contributed by atoms with van der Waals surface area (Å²) < 4.78 is 0. The number of aryl methyl sites for hydroxylation is 1. The third kappa shape index (κ3) is 4.86. The highest BCUT2D eigenvalue weighted by atomic mass is 35.5. The van der Waals surface area contributed by atoms with Crippen molar-refractivity contribution in [3.63, 3.8) is 0 Å². The molecule has 0 saturated carbocycles. The van der Waals surface area contributed by atoms with Gasteiger partial charge in [-0.25, -0.2) is 9.97 Å². The molecule has 2 aliphatic heterocycles. The fourth-order valence-corrected chi connectivity index (χ4v) is 5.53. The van der Waals surface area contributed by atoms with Gasteiger partial charge in [0.25, 0.3) is 0 Å². The molecule has 0 spiro atoms. The molecule has 0 bridgehead atoms. The van der Waals surface area contributed by atoms with Gasteiger partial charge < -0.3 is 15.1 Å². The molecule has 3 aliphatic rings. The van der Waals surface area contributed by atoms with Crippen molar-refractivity contribution in [3.05, 3.63) is 52.4 Å². The number of piperazine rings is 2. The molecule has 8 heteroatoms. The number of amides is 1. The molecule has 7 nitrogen and oxygen atoms in total. The van der Waals surface area contributed by atoms with E-state index in [0.29, 0.717) is 10.9 Å². The van der Waals surface area contributed by atoms with Gasteiger partial charge in [0.15, 0.2) is 0 Å². The number of nitrogens with one attached hydrogen (secondary N) is 1. The van der Waals surface area contributed by atoms with Gasteiger partial charge >= 0.3 is 0 Å². The Morgan fingerprint density at radius 3 is 2.55 bits per heavy atom. The zero-order chi connectivity index (χ0) is 22.8. The van der Waals surface area contributed by atoms with Crippen LogP contribution in [0.25, 0.3) is 0 Å². The maximum atomic E-state index is 13.7. The number of nitrogens with zero attached hydrogens (tertiary/aromatic N) is 5. The van der Waals surface area contributed by atoms with Gasteiger partial charge in [-0.05, 0) is 36.5 Å². The van der Waals surface area contributed by atoms with Crippen LogP contribution in [0.15, 0.2) is 30.6 Å². The van der Waals surface area contributed by atoms with Crippen LogP contribution in [0, 0.1) is 0 Å². The summed E-state index contributed by atoms with van der Waals surface area (Å²) in [4.78, 5) is 29.7. The minimum absolute atomic E-state index is 0.171. The van der Waals surface area contributed by atoms with E-state index in [-0.39, 0.29) is 11.8 Å². The van der Waals surface area contributed by atoms with E-state index in [1.54, 1.807) is 6.33 Å². The van der Waals surface area contributed by atoms with Crippen molar-refractivity contribution in [2.45, 2.75) is 31.6 Å². The Labute approximate surface area is 201 Å². The first-order valence-electron chi connectivity index (χ1n) is 12.2. The predicted octanol–water partition coefficient (Wildman–Crippen LogP) is 2.52. The van der Waals surface area contributed by atoms with Crippen LogP contribution in [0.3, 0.4) is 0 Å². The van der Waals surface area contributed by atoms with Gasteiger partial charge in [0.1, 0.15) is 12.1 Å². The lowest BCUT2D eigenvalue weighted by atomic mass is 9.96. The van der Waals surface area contributed by atoms with Crippen molar-refractivity contribution in [2.75, 3.05) is 63.8 Å². The van der Waals surface area contributed by atoms with E-state index in [1.807, 2.05) is 29.2 Å². The molecule has 2 atom stereocenters. The molecule has 0 unspecified atom stereocenters. The molecule has 176 valence electrons. The van der Waals surface area contributed by atoms with Crippen molar-refractivity contribution in [3.8, 4) is 0 Å². The lowest BCUT2D eigenvalue weighted by Gasteiger charge is -2.39. The first-order valence-corrected chi connectivity index (χ1v) is 12.5. The number of hydrogen-bond acceptors (Lipinski definition) is 6. The fourth-order valence-electron chi connectivity index (χ4n) is 5.41. The van der Waals surface area contributed by atoms with Crippen molar-refractivity contribution in [2.24, 2.45) is 0 Å². The second-order valence-electron chi connectivity index (χ2n) is 9.46. The number of anilines is 1. The molecule has 1 N–H and O–H groups in total. The summed E-state index contributed by atoms with van der Waals surface area (Å²) in [7, 11) is 0. The Hall–Kier alpha value is -2.22. The van der Waals surface area contributed by atoms with E-state index >= 15 is 0 Å². The van der Waals surface area contributed by atoms with Gasteiger partial charge in [-0.15, -0.1) is 0 Å². The number of halogens is 1. The molecule has 2 aromatic rings. The van der Waals surface area contributed by atoms with Crippen LogP contribution in [0.1, 0.15) is 42.0 Å². The average Bonchev–Trinajstić information content (AvgIpc) is 3.24. The Balaban J connectivity index is 1.29. The number of carbonyl (C=O) groups excluding carboxylic acids is 1. The summed E-state index contributed by atoms with van der Waals surface area (Å²) in [5.74, 6) is 1.63. The van der Waals surface area contributed by atoms with Gasteiger partial charge in [0.05, 0.1) is 5.92 Å². The van der Waals surface area contributed by atoms with Gasteiger partial charge in [0.2, 0.25) is 5.91 Å². The largest absolute Gasteiger partial charge is 0.353 e. The summed E-state index contributed by atoms with van der Waals surface area (Å²) >= 11 is 6.13. The smallest absolute Gasteiger partial charge is 0.231 e. The average molecular weight is 469 g/mol. The predicted molar refractivity (Wildman–Crippen MR) is 131 cm³/mol. The summed E-state index contributed by atoms with van der Waals surface area (Å²) in [5.41, 5.74) is 3.56. The molecule has 1 amide bonds. The van der Waals surface area contributed by atoms with E-state index in [9.17, 15) is 4.79 Å². The van der Waals surface area contributed by atoms with Gasteiger partial charge in [-0.1, -0.05) is 30.7 Å². The first-order chi connectivity index (χ1) is 16.1. The number of benzene rings is 1. The van der Waals surface area contributed by atoms with Crippen molar-refractivity contribution in [1.29, 1.82) is 0 Å². The van der Waals surface area contributed by atoms with E-state index in [4.69, 9.17) is 11.6 Å². The number of fused-ring (bicyclic) bond motifs is 1. The van der Waals surface area contributed by atoms with Crippen LogP contribution in [0.5, 0.6) is 0 Å². The summed E-state index contributed by atoms with van der Waals surface area (Å²) in [6.07, 6.45) is 3.89. The third-order valence-electron chi connectivity index (χ3n) is 7.36. The van der Waals surface area contributed by atoms with Crippen LogP contribution in [0.2, 0.25) is 5.02 Å². The number of hydrogen-bond donors (Lipinski definition) is 1. The Bertz CT molecular complexity index is 969. The monoisotopic (exact) mass is 468 g/mol. The molecular formula is C25H33ClN6O. The normalized spacial score (nSPS) is 22.3. The van der Waals surface area contributed by atoms with E-state index in [0.717, 1.165) is 83.1 Å². The molecular weight excluding hydrogens is 436 g/mol. The highest BCUT2D eigenvalue weighted by Crippen LogP contribution is 2.37. The fraction of sp³-hybridized carbons (Fsp3) is 0.560. The molecule has 33 heavy (non-hydrogen) atoms. The van der Waals surface area contributed by atoms with Gasteiger partial charge in [0, 0.05) is 75.2 Å². The first kappa shape index (κ1) is 22.6. The molecule has 1 aliphatic carbocycles. The van der Waals surface area contributed by atoms with E-state index in [2.05, 4.69) is 32.0 Å². The topological polar surface area (TPSA) is 64.6 Å². The number of carbonyl (C=O) groups is 1. The quantitative estimate of drug-likeness (QED) is 0.727. The van der Waals surface area contributed by atoms with Gasteiger partial charge in [-0.2, -0.15) is 0 Å². The Morgan fingerprint density at radius 2 is 1.82 bits per heavy atom. The van der Waals surface area contributed by atoms with Gasteiger partial charge in [-0.3, -0.25) is 9.69 Å². The van der Waals surface area contributed by atoms with E-state index < -0.39 is 0 Å². The summed E-state index contributed by atoms with van der Waals surface area (Å²) in [5, 5.41) is 4.10. The second kappa shape index (κ2) is 9.95. The second-order valence-corrected chi connectivity index (χ2v) is 9.90. The number of rotatable bonds is 5. The maximum absolute atomic E-state index is 13.7. The van der Waals surface area contributed by atoms with Crippen molar-refractivity contribution < 1.29 is 4.79 Å². The van der Waals surface area contributed by atoms with Crippen LogP contribution in [-0.4, -0.2) is 84.6 Å². The SMILES string of the molecule is C[C@@H]1CCc2ncnc(N3CCN(C(=O)[C@H](CN4CCNCC4)c4ccc(Cl)cc4)CC3)c21. The van der Waals surface area contributed by atoms with Crippen LogP contribution >= 0.6 is 11.6 Å². The standard InChI is InChI=1S/C25H33ClN6O/c1-18-2-7-22-23(18)24(29-17-28-22)31-12-14-32(15-13-31)25(33)21(16-30-10-8-27-9-11-30)19-3-5-20(26)6-4-19/h3-6,17-18,21,27H,2,7-16H2,1H3/t18-,21-/m1/s1. The minimum atomic E-state index is -0.171. The third-order valence-corrected chi connectivity index (χ3v) is 7.62. The molecule has 3 heterocycles. The summed E-state index contributed by atoms with van der Waals surface area (Å²) in [6.45, 7) is 9.97. The molecule has 2 fully saturated rings. The molecule has 2 saturated heterocycles. The molecule has 0 radical (unpaired) electrons. The maximum Gasteiger partial charge on any atom is 0.231 e. The summed E-state index contributed by atoms with van der Waals surface area (Å²) in [6, 6.07) is 7.80. The van der Waals surface area contributed by atoms with Crippen LogP contribution in [0.4, 0.5) is 5.82 Å². The lowest BCUT2D eigenvalue weighted by molar-refractivity contribution is -0.133. The van der Waals surface area contributed by atoms with Crippen molar-refractivity contribution >= 4 is 23.3 Å². The zero-order valence-corrected chi connectivity index (χ0v) is 20.1. The molecule has 5 rings (SSSR count). The number of aromatic nitrogens is 2. The van der Waals surface area contributed by atoms with Crippen LogP contribution in [-0.2, 0) is 11.2 Å². The molecule has 1 aromatic heterocycles. The van der Waals surface area contributed by atoms with E-state index in [1.165, 1.54) is 11.3 Å². The molecule has 1 aromatic carbocycles. The zero-order valence-electron chi connectivity index (χ0n) is 19.3. The Morgan fingerprint density at radius 1 is 1.09 bits per heavy atom. The van der Waals surface area contributed by atoms with Crippen molar-refractivity contribution in [1.82, 2.24) is 25.1 Å². The van der Waals surface area contributed by atoms with Crippen LogP contribution < -0.4 is 10.2 Å².